The van der Waals surface area contributed by atoms with Crippen molar-refractivity contribution in [3.63, 3.8) is 0 Å². The van der Waals surface area contributed by atoms with Crippen molar-refractivity contribution in [3.8, 4) is 17.4 Å². The molecule has 0 fully saturated rings. The van der Waals surface area contributed by atoms with Gasteiger partial charge in [0.15, 0.2) is 0 Å². The number of thiophene rings is 1. The number of nitrogens with zero attached hydrogens (tertiary/aromatic N) is 1. The fourth-order valence-corrected chi connectivity index (χ4v) is 2.67. The van der Waals surface area contributed by atoms with Gasteiger partial charge in [-0.1, -0.05) is 6.07 Å². The average Bonchev–Trinajstić information content (AvgIpc) is 3.09. The second-order valence-electron chi connectivity index (χ2n) is 4.85. The summed E-state index contributed by atoms with van der Waals surface area (Å²) in [6, 6.07) is 14.4. The van der Waals surface area contributed by atoms with Crippen molar-refractivity contribution in [1.29, 1.82) is 0 Å². The van der Waals surface area contributed by atoms with Crippen LogP contribution in [0.2, 0.25) is 0 Å². The van der Waals surface area contributed by atoms with E-state index in [1.165, 1.54) is 0 Å². The quantitative estimate of drug-likeness (QED) is 0.495. The van der Waals surface area contributed by atoms with Crippen LogP contribution in [0.25, 0.3) is 0 Å². The molecule has 5 heteroatoms. The highest BCUT2D eigenvalue weighted by Gasteiger charge is 2.06. The summed E-state index contributed by atoms with van der Waals surface area (Å²) in [5.41, 5.74) is 1.16. The second-order valence-corrected chi connectivity index (χ2v) is 5.63. The summed E-state index contributed by atoms with van der Waals surface area (Å²) in [6.45, 7) is 0. The molecule has 0 radical (unpaired) electrons. The third kappa shape index (κ3) is 4.66. The van der Waals surface area contributed by atoms with Crippen LogP contribution >= 0.6 is 11.3 Å². The highest BCUT2D eigenvalue weighted by atomic mass is 32.1. The molecule has 0 bridgehead atoms. The number of pyridine rings is 1. The third-order valence-corrected chi connectivity index (χ3v) is 3.85. The Bertz CT molecular complexity index is 740. The summed E-state index contributed by atoms with van der Waals surface area (Å²) < 4.78 is 10.9. The van der Waals surface area contributed by atoms with Crippen molar-refractivity contribution in [1.82, 2.24) is 4.98 Å². The first-order valence-corrected chi connectivity index (χ1v) is 8.14. The number of hydrogen-bond acceptors (Lipinski definition) is 5. The number of carbonyl (C=O) groups excluding carboxylic acids is 1. The molecule has 0 amide bonds. The summed E-state index contributed by atoms with van der Waals surface area (Å²) in [6.07, 6.45) is 2.73. The maximum atomic E-state index is 11.8. The van der Waals surface area contributed by atoms with Gasteiger partial charge in [0, 0.05) is 12.3 Å². The predicted molar refractivity (Wildman–Crippen MR) is 89.0 cm³/mol. The molecule has 0 saturated carbocycles. The molecule has 0 aliphatic heterocycles. The van der Waals surface area contributed by atoms with Crippen molar-refractivity contribution in [2.75, 3.05) is 0 Å². The molecule has 0 aliphatic carbocycles. The second kappa shape index (κ2) is 7.56. The van der Waals surface area contributed by atoms with E-state index >= 15 is 0 Å². The lowest BCUT2D eigenvalue weighted by Crippen LogP contribution is -2.08. The smallest absolute Gasteiger partial charge is 0.311 e. The van der Waals surface area contributed by atoms with Gasteiger partial charge < -0.3 is 9.47 Å². The van der Waals surface area contributed by atoms with Crippen molar-refractivity contribution in [2.24, 2.45) is 0 Å². The Kier molecular flexibility index (Phi) is 5.01. The van der Waals surface area contributed by atoms with Crippen LogP contribution < -0.4 is 9.47 Å². The third-order valence-electron chi connectivity index (χ3n) is 3.11. The molecule has 0 unspecified atom stereocenters. The van der Waals surface area contributed by atoms with Crippen LogP contribution in [0.3, 0.4) is 0 Å². The fraction of sp³-hybridized carbons (Fsp3) is 0.111. The van der Waals surface area contributed by atoms with Gasteiger partial charge in [0.05, 0.1) is 6.42 Å². The fourth-order valence-electron chi connectivity index (χ4n) is 1.97. The van der Waals surface area contributed by atoms with E-state index in [4.69, 9.17) is 9.47 Å². The van der Waals surface area contributed by atoms with E-state index < -0.39 is 0 Å². The highest BCUT2D eigenvalue weighted by Crippen LogP contribution is 2.22. The van der Waals surface area contributed by atoms with Gasteiger partial charge in [0.1, 0.15) is 11.5 Å². The lowest BCUT2D eigenvalue weighted by atomic mass is 10.2. The Morgan fingerprint density at radius 1 is 1.04 bits per heavy atom. The van der Waals surface area contributed by atoms with E-state index in [9.17, 15) is 4.79 Å². The zero-order valence-corrected chi connectivity index (χ0v) is 13.2. The zero-order valence-electron chi connectivity index (χ0n) is 12.3. The number of rotatable bonds is 6. The van der Waals surface area contributed by atoms with Gasteiger partial charge in [-0.05, 0) is 59.1 Å². The van der Waals surface area contributed by atoms with Gasteiger partial charge in [0.25, 0.3) is 0 Å². The summed E-state index contributed by atoms with van der Waals surface area (Å²) in [5, 5.41) is 4.04. The van der Waals surface area contributed by atoms with Gasteiger partial charge in [-0.15, -0.1) is 0 Å². The van der Waals surface area contributed by atoms with E-state index in [-0.39, 0.29) is 5.97 Å². The lowest BCUT2D eigenvalue weighted by Gasteiger charge is -2.06. The van der Waals surface area contributed by atoms with E-state index in [0.29, 0.717) is 30.2 Å². The largest absolute Gasteiger partial charge is 0.439 e. The average molecular weight is 325 g/mol. The molecule has 0 spiro atoms. The number of ether oxygens (including phenoxy) is 2. The van der Waals surface area contributed by atoms with Gasteiger partial charge in [-0.2, -0.15) is 11.3 Å². The number of aryl methyl sites for hydroxylation is 1. The molecule has 2 heterocycles. The molecule has 23 heavy (non-hydrogen) atoms. The van der Waals surface area contributed by atoms with Gasteiger partial charge in [0.2, 0.25) is 5.88 Å². The Balaban J connectivity index is 1.51. The van der Waals surface area contributed by atoms with Crippen molar-refractivity contribution in [3.05, 3.63) is 71.1 Å². The molecular formula is C18H15NO3S. The minimum absolute atomic E-state index is 0.241. The van der Waals surface area contributed by atoms with Crippen LogP contribution in [0.5, 0.6) is 17.4 Å². The standard InChI is InChI=1S/C18H15NO3S/c20-18(9-4-14-10-12-23-13-14)22-16-7-5-15(6-8-16)21-17-3-1-2-11-19-17/h1-3,5-8,10-13H,4,9H2. The predicted octanol–water partition coefficient (Wildman–Crippen LogP) is 4.47. The molecular weight excluding hydrogens is 310 g/mol. The summed E-state index contributed by atoms with van der Waals surface area (Å²) >= 11 is 1.63. The normalized spacial score (nSPS) is 10.3. The summed E-state index contributed by atoms with van der Waals surface area (Å²) in [7, 11) is 0. The maximum Gasteiger partial charge on any atom is 0.311 e. The van der Waals surface area contributed by atoms with Crippen LogP contribution in [0.15, 0.2) is 65.5 Å². The monoisotopic (exact) mass is 325 g/mol. The van der Waals surface area contributed by atoms with Gasteiger partial charge in [-0.25, -0.2) is 4.98 Å². The first-order valence-electron chi connectivity index (χ1n) is 7.20. The molecule has 0 saturated heterocycles. The van der Waals surface area contributed by atoms with E-state index in [0.717, 1.165) is 5.56 Å². The van der Waals surface area contributed by atoms with E-state index in [1.54, 1.807) is 47.9 Å². The van der Waals surface area contributed by atoms with Gasteiger partial charge >= 0.3 is 5.97 Å². The van der Waals surface area contributed by atoms with Crippen molar-refractivity contribution >= 4 is 17.3 Å². The first-order chi connectivity index (χ1) is 11.3. The number of carbonyl (C=O) groups is 1. The van der Waals surface area contributed by atoms with Crippen LogP contribution in [-0.4, -0.2) is 11.0 Å². The summed E-state index contributed by atoms with van der Waals surface area (Å²) in [4.78, 5) is 15.9. The molecule has 2 aromatic heterocycles. The number of hydrogen-bond donors (Lipinski definition) is 0. The highest BCUT2D eigenvalue weighted by molar-refractivity contribution is 7.07. The van der Waals surface area contributed by atoms with E-state index in [1.807, 2.05) is 29.0 Å². The topological polar surface area (TPSA) is 48.4 Å². The first kappa shape index (κ1) is 15.2. The van der Waals surface area contributed by atoms with Crippen LogP contribution in [0.4, 0.5) is 0 Å². The number of benzene rings is 1. The Hall–Kier alpha value is -2.66. The molecule has 0 atom stereocenters. The molecule has 0 aliphatic rings. The molecule has 3 aromatic rings. The Labute approximate surface area is 138 Å². The number of esters is 1. The van der Waals surface area contributed by atoms with Crippen LogP contribution in [-0.2, 0) is 11.2 Å². The molecule has 116 valence electrons. The molecule has 4 nitrogen and oxygen atoms in total. The molecule has 3 rings (SSSR count). The minimum Gasteiger partial charge on any atom is -0.439 e. The SMILES string of the molecule is O=C(CCc1ccsc1)Oc1ccc(Oc2ccccn2)cc1. The van der Waals surface area contributed by atoms with Crippen LogP contribution in [0, 0.1) is 0 Å². The van der Waals surface area contributed by atoms with Crippen LogP contribution in [0.1, 0.15) is 12.0 Å². The summed E-state index contributed by atoms with van der Waals surface area (Å²) in [5.74, 6) is 1.43. The lowest BCUT2D eigenvalue weighted by molar-refractivity contribution is -0.134. The van der Waals surface area contributed by atoms with E-state index in [2.05, 4.69) is 4.98 Å². The Morgan fingerprint density at radius 3 is 2.57 bits per heavy atom. The molecule has 1 aromatic carbocycles. The van der Waals surface area contributed by atoms with Gasteiger partial charge in [-0.3, -0.25) is 4.79 Å². The van der Waals surface area contributed by atoms with Crippen molar-refractivity contribution < 1.29 is 14.3 Å². The van der Waals surface area contributed by atoms with Crippen molar-refractivity contribution in [2.45, 2.75) is 12.8 Å². The zero-order chi connectivity index (χ0) is 15.9. The Morgan fingerprint density at radius 2 is 1.87 bits per heavy atom. The molecule has 0 N–H and O–H groups in total. The minimum atomic E-state index is -0.241. The number of aromatic nitrogens is 1. The maximum absolute atomic E-state index is 11.8.